The van der Waals surface area contributed by atoms with Crippen molar-refractivity contribution in [1.82, 2.24) is 5.09 Å². The first kappa shape index (κ1) is 21.4. The van der Waals surface area contributed by atoms with Gasteiger partial charge < -0.3 is 14.2 Å². The Hall–Kier alpha value is 1.36. The van der Waals surface area contributed by atoms with Crippen LogP contribution in [0.2, 0.25) is 10.0 Å². The number of aliphatic hydroxyl groups excluding tert-OH is 1. The summed E-state index contributed by atoms with van der Waals surface area (Å²) < 4.78 is 10.2. The van der Waals surface area contributed by atoms with Crippen molar-refractivity contribution in [2.24, 2.45) is 0 Å². The second-order valence-electron chi connectivity index (χ2n) is 5.13. The lowest BCUT2D eigenvalue weighted by molar-refractivity contribution is -0.106. The zero-order chi connectivity index (χ0) is 16.9. The number of halogens is 2. The molecule has 8 atom stereocenters. The Labute approximate surface area is 150 Å². The molecule has 0 heterocycles. The van der Waals surface area contributed by atoms with Crippen LogP contribution in [0.4, 0.5) is 0 Å². The quantitative estimate of drug-likeness (QED) is 0.496. The van der Waals surface area contributed by atoms with Crippen LogP contribution in [0.5, 0.6) is 0 Å². The van der Waals surface area contributed by atoms with Crippen LogP contribution in [0.3, 0.4) is 0 Å². The van der Waals surface area contributed by atoms with Crippen LogP contribution in [0, 0.1) is 0 Å². The average Bonchev–Trinajstić information content (AvgIpc) is 2.50. The molecule has 1 rings (SSSR count). The summed E-state index contributed by atoms with van der Waals surface area (Å²) in [5.74, 6) is 0. The van der Waals surface area contributed by atoms with Gasteiger partial charge in [-0.1, -0.05) is 38.7 Å². The lowest BCUT2D eigenvalue weighted by atomic mass is 9.88. The Kier molecular flexibility index (Phi) is 9.48. The van der Waals surface area contributed by atoms with Crippen LogP contribution in [0.15, 0.2) is 18.2 Å². The zero-order valence-corrected chi connectivity index (χ0v) is 18.1. The predicted molar refractivity (Wildman–Crippen MR) is 106 cm³/mol. The largest absolute Gasteiger partial charge is 0.366 e. The molecular weight excluding hydrogens is 401 g/mol. The van der Waals surface area contributed by atoms with E-state index in [9.17, 15) is 5.11 Å². The van der Waals surface area contributed by atoms with Gasteiger partial charge in [-0.2, -0.15) is 0 Å². The molecule has 0 spiro atoms. The molecule has 1 aromatic rings. The molecule has 0 saturated carbocycles. The van der Waals surface area contributed by atoms with Crippen LogP contribution in [0.25, 0.3) is 0 Å². The Morgan fingerprint density at radius 1 is 1.27 bits per heavy atom. The summed E-state index contributed by atoms with van der Waals surface area (Å²) in [5.41, 5.74) is 0.530. The standard InChI is InChI=1S/C12H21Cl2NO3P4/c1-12(15-20,10(17-21)11(16)18-22)5-9(19)6-2-3-7(13)8(14)4-6/h2-4,9-11,15-16H,5,19-22H2,1H3/t9?,10?,11?,12-/m1/s1. The third kappa shape index (κ3) is 5.44. The first-order valence-corrected chi connectivity index (χ1v) is 9.30. The van der Waals surface area contributed by atoms with Gasteiger partial charge in [0.15, 0.2) is 6.29 Å². The minimum absolute atomic E-state index is 0.0761. The summed E-state index contributed by atoms with van der Waals surface area (Å²) in [7, 11) is 9.44. The summed E-state index contributed by atoms with van der Waals surface area (Å²) in [4.78, 5) is 0. The zero-order valence-electron chi connectivity index (χ0n) is 12.0. The summed E-state index contributed by atoms with van der Waals surface area (Å²) in [5, 5.41) is 14.1. The van der Waals surface area contributed by atoms with Crippen LogP contribution >= 0.6 is 60.8 Å². The number of hydrogen-bond acceptors (Lipinski definition) is 4. The van der Waals surface area contributed by atoms with Gasteiger partial charge in [0.25, 0.3) is 0 Å². The maximum atomic E-state index is 9.97. The summed E-state index contributed by atoms with van der Waals surface area (Å²) in [6.45, 7) is 1.94. The third-order valence-electron chi connectivity index (χ3n) is 3.52. The van der Waals surface area contributed by atoms with Gasteiger partial charge in [0.05, 0.1) is 15.6 Å². The highest BCUT2D eigenvalue weighted by Gasteiger charge is 2.40. The number of rotatable bonds is 8. The normalized spacial score (nSPS) is 18.5. The van der Waals surface area contributed by atoms with Crippen molar-refractivity contribution in [2.75, 3.05) is 0 Å². The van der Waals surface area contributed by atoms with Gasteiger partial charge in [-0.25, -0.2) is 0 Å². The maximum Gasteiger partial charge on any atom is 0.186 e. The van der Waals surface area contributed by atoms with Crippen molar-refractivity contribution in [3.8, 4) is 0 Å². The van der Waals surface area contributed by atoms with Gasteiger partial charge in [-0.15, -0.1) is 9.24 Å². The van der Waals surface area contributed by atoms with E-state index in [4.69, 9.17) is 32.2 Å². The average molecular weight is 422 g/mol. The highest BCUT2D eigenvalue weighted by molar-refractivity contribution is 7.17. The minimum atomic E-state index is -1.09. The molecule has 0 aliphatic rings. The first-order chi connectivity index (χ1) is 10.3. The lowest BCUT2D eigenvalue weighted by Gasteiger charge is -2.39. The summed E-state index contributed by atoms with van der Waals surface area (Å²) in [6, 6.07) is 5.53. The summed E-state index contributed by atoms with van der Waals surface area (Å²) >= 11 is 12.0. The van der Waals surface area contributed by atoms with Crippen LogP contribution in [-0.2, 0) is 9.05 Å². The van der Waals surface area contributed by atoms with Crippen molar-refractivity contribution in [3.63, 3.8) is 0 Å². The van der Waals surface area contributed by atoms with Crippen molar-refractivity contribution >= 4 is 60.8 Å². The monoisotopic (exact) mass is 421 g/mol. The molecule has 1 aromatic carbocycles. The van der Waals surface area contributed by atoms with Crippen LogP contribution in [0.1, 0.15) is 24.6 Å². The molecule has 0 fully saturated rings. The molecule has 10 heteroatoms. The molecule has 2 N–H and O–H groups in total. The fourth-order valence-corrected chi connectivity index (χ4v) is 4.04. The number of aliphatic hydroxyl groups is 1. The van der Waals surface area contributed by atoms with Gasteiger partial charge in [-0.3, -0.25) is 5.09 Å². The van der Waals surface area contributed by atoms with Gasteiger partial charge in [0.2, 0.25) is 0 Å². The highest BCUT2D eigenvalue weighted by atomic mass is 35.5. The Bertz CT molecular complexity index is 499. The topological polar surface area (TPSA) is 50.7 Å². The van der Waals surface area contributed by atoms with Gasteiger partial charge >= 0.3 is 0 Å². The minimum Gasteiger partial charge on any atom is -0.366 e. The van der Waals surface area contributed by atoms with Crippen LogP contribution in [-0.4, -0.2) is 23.0 Å². The maximum absolute atomic E-state index is 9.97. The van der Waals surface area contributed by atoms with Crippen LogP contribution < -0.4 is 5.09 Å². The fourth-order valence-electron chi connectivity index (χ4n) is 2.18. The highest BCUT2D eigenvalue weighted by Crippen LogP contribution is 2.38. The predicted octanol–water partition coefficient (Wildman–Crippen LogP) is 3.74. The Balaban J connectivity index is 2.97. The molecular formula is C12H21Cl2NO3P4. The molecule has 0 amide bonds. The van der Waals surface area contributed by atoms with Gasteiger partial charge in [-0.05, 0) is 31.0 Å². The van der Waals surface area contributed by atoms with E-state index in [0.717, 1.165) is 5.56 Å². The Morgan fingerprint density at radius 2 is 1.91 bits per heavy atom. The second kappa shape index (κ2) is 9.74. The van der Waals surface area contributed by atoms with Crippen molar-refractivity contribution in [2.45, 2.75) is 36.9 Å². The fraction of sp³-hybridized carbons (Fsp3) is 0.500. The molecule has 4 nitrogen and oxygen atoms in total. The lowest BCUT2D eigenvalue weighted by Crippen LogP contribution is -2.54. The van der Waals surface area contributed by atoms with E-state index in [1.165, 1.54) is 0 Å². The molecule has 0 aliphatic carbocycles. The molecule has 0 aromatic heterocycles. The molecule has 0 bridgehead atoms. The smallest absolute Gasteiger partial charge is 0.186 e. The number of hydrogen-bond donors (Lipinski definition) is 2. The first-order valence-electron chi connectivity index (χ1n) is 6.36. The van der Waals surface area contributed by atoms with Crippen molar-refractivity contribution in [3.05, 3.63) is 33.8 Å². The number of benzene rings is 1. The second-order valence-corrected chi connectivity index (χ2v) is 7.58. The van der Waals surface area contributed by atoms with E-state index in [0.29, 0.717) is 16.5 Å². The molecule has 0 aliphatic heterocycles. The van der Waals surface area contributed by atoms with Gasteiger partial charge in [0, 0.05) is 24.6 Å². The molecule has 126 valence electrons. The van der Waals surface area contributed by atoms with E-state index in [1.807, 2.05) is 28.5 Å². The SMILES string of the molecule is C[C@](CC(P)c1ccc(Cl)c(Cl)c1)(NP)C(OP)C(O)OP. The molecule has 22 heavy (non-hydrogen) atoms. The van der Waals surface area contributed by atoms with E-state index in [-0.39, 0.29) is 5.66 Å². The number of nitrogens with one attached hydrogen (secondary N) is 1. The van der Waals surface area contributed by atoms with Crippen molar-refractivity contribution in [1.29, 1.82) is 0 Å². The van der Waals surface area contributed by atoms with E-state index in [2.05, 4.69) is 33.2 Å². The molecule has 0 radical (unpaired) electrons. The van der Waals surface area contributed by atoms with E-state index in [1.54, 1.807) is 6.07 Å². The molecule has 0 saturated heterocycles. The third-order valence-corrected chi connectivity index (χ3v) is 6.11. The van der Waals surface area contributed by atoms with E-state index < -0.39 is 17.9 Å². The Morgan fingerprint density at radius 3 is 2.36 bits per heavy atom. The van der Waals surface area contributed by atoms with Gasteiger partial charge in [0.1, 0.15) is 6.10 Å². The van der Waals surface area contributed by atoms with E-state index >= 15 is 0 Å². The van der Waals surface area contributed by atoms with Crippen molar-refractivity contribution < 1.29 is 14.2 Å². The molecule has 7 unspecified atom stereocenters. The summed E-state index contributed by atoms with van der Waals surface area (Å²) in [6.07, 6.45) is -1.05.